The highest BCUT2D eigenvalue weighted by atomic mass is 16.2. The van der Waals surface area contributed by atoms with Crippen LogP contribution in [0.1, 0.15) is 40.3 Å². The summed E-state index contributed by atoms with van der Waals surface area (Å²) in [5, 5.41) is 6.01. The van der Waals surface area contributed by atoms with Gasteiger partial charge in [0.1, 0.15) is 12.4 Å². The topological polar surface area (TPSA) is 76.0 Å². The lowest BCUT2D eigenvalue weighted by molar-refractivity contribution is -0.116. The number of imidazole rings is 1. The van der Waals surface area contributed by atoms with Crippen LogP contribution >= 0.6 is 0 Å². The first-order valence-corrected chi connectivity index (χ1v) is 10.6. The quantitative estimate of drug-likeness (QED) is 0.466. The summed E-state index contributed by atoms with van der Waals surface area (Å²) in [6, 6.07) is 22.3. The molecule has 32 heavy (non-hydrogen) atoms. The number of anilines is 1. The Bertz CT molecular complexity index is 1280. The molecule has 162 valence electrons. The third-order valence-electron chi connectivity index (χ3n) is 5.42. The summed E-state index contributed by atoms with van der Waals surface area (Å²) in [6.07, 6.45) is 0. The predicted octanol–water partition coefficient (Wildman–Crippen LogP) is 4.78. The molecule has 0 spiro atoms. The number of hydrogen-bond acceptors (Lipinski definition) is 3. The van der Waals surface area contributed by atoms with E-state index in [2.05, 4.69) is 10.6 Å². The highest BCUT2D eigenvalue weighted by Crippen LogP contribution is 2.22. The molecule has 0 bridgehead atoms. The lowest BCUT2D eigenvalue weighted by Crippen LogP contribution is -2.30. The molecule has 6 nitrogen and oxygen atoms in total. The number of carbonyl (C=O) groups excluding carboxylic acids is 2. The molecule has 3 aromatic carbocycles. The monoisotopic (exact) mass is 426 g/mol. The van der Waals surface area contributed by atoms with Crippen LogP contribution < -0.4 is 10.6 Å². The number of hydrogen-bond donors (Lipinski definition) is 2. The van der Waals surface area contributed by atoms with Crippen molar-refractivity contribution in [2.45, 2.75) is 33.4 Å². The molecule has 2 N–H and O–H groups in total. The Balaban J connectivity index is 1.60. The van der Waals surface area contributed by atoms with Crippen LogP contribution in [0.15, 0.2) is 72.8 Å². The molecule has 4 aromatic rings. The van der Waals surface area contributed by atoms with Gasteiger partial charge in [0.15, 0.2) is 0 Å². The lowest BCUT2D eigenvalue weighted by Gasteiger charge is -2.17. The molecule has 0 aliphatic heterocycles. The largest absolute Gasteiger partial charge is 0.342 e. The predicted molar refractivity (Wildman–Crippen MR) is 127 cm³/mol. The van der Waals surface area contributed by atoms with Crippen molar-refractivity contribution >= 4 is 28.5 Å². The van der Waals surface area contributed by atoms with Gasteiger partial charge in [-0.25, -0.2) is 4.98 Å². The maximum atomic E-state index is 13.0. The first kappa shape index (κ1) is 21.3. The van der Waals surface area contributed by atoms with Crippen LogP contribution in [0.2, 0.25) is 0 Å². The molecule has 0 aliphatic carbocycles. The van der Waals surface area contributed by atoms with Crippen LogP contribution in [-0.4, -0.2) is 21.4 Å². The van der Waals surface area contributed by atoms with Gasteiger partial charge in [-0.15, -0.1) is 0 Å². The summed E-state index contributed by atoms with van der Waals surface area (Å²) in [4.78, 5) is 30.3. The van der Waals surface area contributed by atoms with E-state index in [1.807, 2.05) is 86.0 Å². The molecule has 1 unspecified atom stereocenters. The minimum Gasteiger partial charge on any atom is -0.342 e. The number of amides is 2. The maximum absolute atomic E-state index is 13.0. The number of benzene rings is 3. The van der Waals surface area contributed by atoms with Gasteiger partial charge < -0.3 is 15.2 Å². The Kier molecular flexibility index (Phi) is 6.03. The van der Waals surface area contributed by atoms with Crippen LogP contribution in [0, 0.1) is 13.8 Å². The van der Waals surface area contributed by atoms with Crippen molar-refractivity contribution in [2.75, 3.05) is 5.32 Å². The normalized spacial score (nSPS) is 11.8. The summed E-state index contributed by atoms with van der Waals surface area (Å²) >= 11 is 0. The lowest BCUT2D eigenvalue weighted by atomic mass is 10.1. The van der Waals surface area contributed by atoms with Crippen LogP contribution in [0.4, 0.5) is 5.69 Å². The van der Waals surface area contributed by atoms with Gasteiger partial charge in [0.25, 0.3) is 5.91 Å². The number of nitrogens with zero attached hydrogens (tertiary/aromatic N) is 2. The van der Waals surface area contributed by atoms with Crippen molar-refractivity contribution in [3.8, 4) is 0 Å². The molecule has 4 rings (SSSR count). The van der Waals surface area contributed by atoms with E-state index < -0.39 is 0 Å². The van der Waals surface area contributed by atoms with E-state index in [1.165, 1.54) is 0 Å². The molecule has 0 fully saturated rings. The zero-order chi connectivity index (χ0) is 22.7. The number of nitrogens with one attached hydrogen (secondary N) is 2. The molecule has 1 heterocycles. The molecule has 0 saturated carbocycles. The number of aryl methyl sites for hydroxylation is 2. The number of para-hydroxylation sites is 2. The third kappa shape index (κ3) is 4.54. The zero-order valence-electron chi connectivity index (χ0n) is 18.4. The third-order valence-corrected chi connectivity index (χ3v) is 5.42. The van der Waals surface area contributed by atoms with Crippen LogP contribution in [0.5, 0.6) is 0 Å². The molecule has 1 aromatic heterocycles. The van der Waals surface area contributed by atoms with E-state index in [0.717, 1.165) is 27.8 Å². The van der Waals surface area contributed by atoms with Crippen LogP contribution in [0.3, 0.4) is 0 Å². The maximum Gasteiger partial charge on any atom is 0.251 e. The van der Waals surface area contributed by atoms with Gasteiger partial charge in [-0.1, -0.05) is 42.5 Å². The number of aromatic nitrogens is 2. The minimum absolute atomic E-state index is 0.0920. The zero-order valence-corrected chi connectivity index (χ0v) is 18.4. The molecule has 6 heteroatoms. The van der Waals surface area contributed by atoms with E-state index in [-0.39, 0.29) is 24.4 Å². The standard InChI is InChI=1S/C26H26N4O2/c1-17-13-14-18(2)22(15-17)28-24(31)16-30-23-12-8-7-11-21(23)29-25(30)19(3)27-26(32)20-9-5-4-6-10-20/h4-15,19H,16H2,1-3H3,(H,27,32)(H,28,31). The van der Waals surface area contributed by atoms with Crippen molar-refractivity contribution in [3.63, 3.8) is 0 Å². The van der Waals surface area contributed by atoms with Crippen LogP contribution in [-0.2, 0) is 11.3 Å². The molecule has 0 aliphatic rings. The molecule has 2 amide bonds. The molecule has 1 atom stereocenters. The Labute approximate surface area is 187 Å². The van der Waals surface area contributed by atoms with E-state index >= 15 is 0 Å². The van der Waals surface area contributed by atoms with Crippen LogP contribution in [0.25, 0.3) is 11.0 Å². The second kappa shape index (κ2) is 9.06. The van der Waals surface area contributed by atoms with Crippen molar-refractivity contribution in [2.24, 2.45) is 0 Å². The minimum atomic E-state index is -0.386. The van der Waals surface area contributed by atoms with Gasteiger partial charge in [-0.3, -0.25) is 9.59 Å². The summed E-state index contributed by atoms with van der Waals surface area (Å²) in [6.45, 7) is 5.93. The van der Waals surface area contributed by atoms with Crippen molar-refractivity contribution in [1.82, 2.24) is 14.9 Å². The van der Waals surface area contributed by atoms with E-state index in [9.17, 15) is 9.59 Å². The van der Waals surface area contributed by atoms with Gasteiger partial charge in [0.2, 0.25) is 5.91 Å². The Morgan fingerprint density at radius 3 is 2.47 bits per heavy atom. The number of fused-ring (bicyclic) bond motifs is 1. The molecular weight excluding hydrogens is 400 g/mol. The average molecular weight is 427 g/mol. The van der Waals surface area contributed by atoms with Gasteiger partial charge in [0.05, 0.1) is 17.1 Å². The SMILES string of the molecule is Cc1ccc(C)c(NC(=O)Cn2c(C(C)NC(=O)c3ccccc3)nc3ccccc32)c1. The highest BCUT2D eigenvalue weighted by Gasteiger charge is 2.20. The highest BCUT2D eigenvalue weighted by molar-refractivity contribution is 5.94. The van der Waals surface area contributed by atoms with Gasteiger partial charge >= 0.3 is 0 Å². The average Bonchev–Trinajstić information content (AvgIpc) is 3.15. The second-order valence-corrected chi connectivity index (χ2v) is 7.97. The fourth-order valence-electron chi connectivity index (χ4n) is 3.73. The fraction of sp³-hybridized carbons (Fsp3) is 0.192. The smallest absolute Gasteiger partial charge is 0.251 e. The number of carbonyl (C=O) groups is 2. The van der Waals surface area contributed by atoms with Gasteiger partial charge in [-0.05, 0) is 62.2 Å². The van der Waals surface area contributed by atoms with E-state index in [1.54, 1.807) is 12.1 Å². The fourth-order valence-corrected chi connectivity index (χ4v) is 3.73. The van der Waals surface area contributed by atoms with Crippen molar-refractivity contribution in [3.05, 3.63) is 95.3 Å². The Morgan fingerprint density at radius 1 is 0.969 bits per heavy atom. The molecule has 0 saturated heterocycles. The summed E-state index contributed by atoms with van der Waals surface area (Å²) < 4.78 is 1.87. The van der Waals surface area contributed by atoms with Gasteiger partial charge in [0, 0.05) is 11.3 Å². The second-order valence-electron chi connectivity index (χ2n) is 7.97. The van der Waals surface area contributed by atoms with E-state index in [0.29, 0.717) is 11.4 Å². The Morgan fingerprint density at radius 2 is 1.69 bits per heavy atom. The molecular formula is C26H26N4O2. The Hall–Kier alpha value is -3.93. The first-order valence-electron chi connectivity index (χ1n) is 10.6. The van der Waals surface area contributed by atoms with Crippen molar-refractivity contribution in [1.29, 1.82) is 0 Å². The summed E-state index contributed by atoms with van der Waals surface area (Å²) in [5.74, 6) is 0.299. The summed E-state index contributed by atoms with van der Waals surface area (Å²) in [7, 11) is 0. The number of rotatable bonds is 6. The van der Waals surface area contributed by atoms with Gasteiger partial charge in [-0.2, -0.15) is 0 Å². The first-order chi connectivity index (χ1) is 15.4. The molecule has 0 radical (unpaired) electrons. The van der Waals surface area contributed by atoms with Crippen molar-refractivity contribution < 1.29 is 9.59 Å². The summed E-state index contributed by atoms with van der Waals surface area (Å²) in [5.41, 5.74) is 5.09. The van der Waals surface area contributed by atoms with E-state index in [4.69, 9.17) is 4.98 Å².